The van der Waals surface area contributed by atoms with E-state index in [1.54, 1.807) is 0 Å². The molecular weight excluding hydrogens is 176 g/mol. The second kappa shape index (κ2) is 3.62. The summed E-state index contributed by atoms with van der Waals surface area (Å²) in [6.45, 7) is 0. The number of amides is 1. The van der Waals surface area contributed by atoms with Gasteiger partial charge >= 0.3 is 0 Å². The van der Waals surface area contributed by atoms with Crippen molar-refractivity contribution in [3.63, 3.8) is 0 Å². The van der Waals surface area contributed by atoms with Gasteiger partial charge in [-0.05, 0) is 18.3 Å². The van der Waals surface area contributed by atoms with Gasteiger partial charge < -0.3 is 0 Å². The number of carbonyl (C=O) groups is 1. The predicted octanol–water partition coefficient (Wildman–Crippen LogP) is 0.834. The maximum atomic E-state index is 11.0. The minimum Gasteiger partial charge on any atom is -0.294 e. The zero-order chi connectivity index (χ0) is 7.84. The minimum absolute atomic E-state index is 0. The van der Waals surface area contributed by atoms with E-state index in [-0.39, 0.29) is 24.2 Å². The Labute approximate surface area is 78.5 Å². The molecule has 70 valence electrons. The Balaban J connectivity index is 0.000000720. The smallest absolute Gasteiger partial charge is 0.237 e. The van der Waals surface area contributed by atoms with E-state index in [1.807, 2.05) is 0 Å². The van der Waals surface area contributed by atoms with Crippen LogP contribution >= 0.6 is 12.4 Å². The summed E-state index contributed by atoms with van der Waals surface area (Å²) < 4.78 is 0. The lowest BCUT2D eigenvalue weighted by atomic mass is 9.81. The van der Waals surface area contributed by atoms with Crippen molar-refractivity contribution in [1.82, 2.24) is 5.43 Å². The molecule has 4 heteroatoms. The Morgan fingerprint density at radius 3 is 2.50 bits per heavy atom. The molecule has 2 saturated carbocycles. The minimum atomic E-state index is 0. The second-order valence-electron chi connectivity index (χ2n) is 3.71. The van der Waals surface area contributed by atoms with Crippen molar-refractivity contribution < 1.29 is 4.79 Å². The Kier molecular flexibility index (Phi) is 2.96. The Morgan fingerprint density at radius 2 is 2.08 bits per heavy atom. The summed E-state index contributed by atoms with van der Waals surface area (Å²) >= 11 is 0. The van der Waals surface area contributed by atoms with Crippen molar-refractivity contribution in [3.05, 3.63) is 0 Å². The lowest BCUT2D eigenvalue weighted by molar-refractivity contribution is -0.122. The van der Waals surface area contributed by atoms with Gasteiger partial charge in [-0.2, -0.15) is 0 Å². The number of rotatable bonds is 2. The molecule has 2 unspecified atom stereocenters. The summed E-state index contributed by atoms with van der Waals surface area (Å²) in [5.74, 6) is 6.85. The highest BCUT2D eigenvalue weighted by atomic mass is 35.5. The molecule has 0 spiro atoms. The van der Waals surface area contributed by atoms with E-state index < -0.39 is 0 Å². The summed E-state index contributed by atoms with van der Waals surface area (Å²) in [5, 5.41) is 0. The normalized spacial score (nSPS) is 33.1. The molecule has 3 nitrogen and oxygen atoms in total. The lowest BCUT2D eigenvalue weighted by Gasteiger charge is -2.25. The number of nitrogens with one attached hydrogen (secondary N) is 1. The first-order valence-electron chi connectivity index (χ1n) is 4.33. The van der Waals surface area contributed by atoms with Crippen LogP contribution in [0.3, 0.4) is 0 Å². The molecule has 0 aliphatic heterocycles. The molecule has 0 bridgehead atoms. The molecule has 0 aromatic rings. The summed E-state index contributed by atoms with van der Waals surface area (Å²) in [6, 6.07) is 0. The summed E-state index contributed by atoms with van der Waals surface area (Å²) in [5.41, 5.74) is 2.22. The Hall–Kier alpha value is -0.280. The molecule has 2 fully saturated rings. The molecule has 2 aliphatic carbocycles. The van der Waals surface area contributed by atoms with Crippen LogP contribution in [0.1, 0.15) is 25.7 Å². The highest BCUT2D eigenvalue weighted by Gasteiger charge is 2.48. The van der Waals surface area contributed by atoms with Crippen LogP contribution < -0.4 is 11.3 Å². The van der Waals surface area contributed by atoms with Crippen LogP contribution in [0, 0.1) is 17.8 Å². The molecule has 2 aliphatic rings. The van der Waals surface area contributed by atoms with Crippen LogP contribution in [-0.4, -0.2) is 5.91 Å². The Morgan fingerprint density at radius 1 is 1.42 bits per heavy atom. The first kappa shape index (κ1) is 9.81. The molecule has 0 heterocycles. The van der Waals surface area contributed by atoms with E-state index in [0.29, 0.717) is 5.92 Å². The van der Waals surface area contributed by atoms with Crippen LogP contribution in [0.5, 0.6) is 0 Å². The lowest BCUT2D eigenvalue weighted by Crippen LogP contribution is -2.32. The molecule has 3 N–H and O–H groups in total. The molecule has 0 aromatic carbocycles. The number of nitrogens with two attached hydrogens (primary N) is 1. The third-order valence-corrected chi connectivity index (χ3v) is 3.07. The van der Waals surface area contributed by atoms with Gasteiger partial charge in [0.2, 0.25) is 5.91 Å². The van der Waals surface area contributed by atoms with Gasteiger partial charge in [0.15, 0.2) is 0 Å². The monoisotopic (exact) mass is 190 g/mol. The fourth-order valence-corrected chi connectivity index (χ4v) is 2.01. The molecular formula is C8H15ClN2O. The second-order valence-corrected chi connectivity index (χ2v) is 3.71. The molecule has 0 radical (unpaired) electrons. The molecule has 1 amide bonds. The fraction of sp³-hybridized carbons (Fsp3) is 0.875. The average molecular weight is 191 g/mol. The average Bonchev–Trinajstić information content (AvgIpc) is 2.63. The maximum absolute atomic E-state index is 11.0. The summed E-state index contributed by atoms with van der Waals surface area (Å²) in [7, 11) is 0. The first-order valence-corrected chi connectivity index (χ1v) is 4.33. The van der Waals surface area contributed by atoms with Crippen molar-refractivity contribution in [2.45, 2.75) is 25.7 Å². The molecule has 12 heavy (non-hydrogen) atoms. The molecule has 0 saturated heterocycles. The predicted molar refractivity (Wildman–Crippen MR) is 48.5 cm³/mol. The van der Waals surface area contributed by atoms with Gasteiger partial charge in [0.1, 0.15) is 0 Å². The van der Waals surface area contributed by atoms with Gasteiger partial charge in [-0.25, -0.2) is 5.84 Å². The van der Waals surface area contributed by atoms with Crippen LogP contribution in [0.25, 0.3) is 0 Å². The third kappa shape index (κ3) is 1.57. The van der Waals surface area contributed by atoms with Gasteiger partial charge in [-0.3, -0.25) is 10.2 Å². The highest BCUT2D eigenvalue weighted by molar-refractivity contribution is 5.85. The third-order valence-electron chi connectivity index (χ3n) is 3.07. The van der Waals surface area contributed by atoms with Crippen molar-refractivity contribution in [3.8, 4) is 0 Å². The topological polar surface area (TPSA) is 55.1 Å². The zero-order valence-electron chi connectivity index (χ0n) is 6.95. The van der Waals surface area contributed by atoms with E-state index in [2.05, 4.69) is 5.43 Å². The molecule has 2 atom stereocenters. The fourth-order valence-electron chi connectivity index (χ4n) is 2.01. The maximum Gasteiger partial charge on any atom is 0.237 e. The number of carbonyl (C=O) groups excluding carboxylic acids is 1. The number of hydrogen-bond acceptors (Lipinski definition) is 2. The van der Waals surface area contributed by atoms with Gasteiger partial charge in [-0.1, -0.05) is 19.3 Å². The van der Waals surface area contributed by atoms with Gasteiger partial charge in [0, 0.05) is 5.92 Å². The van der Waals surface area contributed by atoms with Gasteiger partial charge in [0.25, 0.3) is 0 Å². The summed E-state index contributed by atoms with van der Waals surface area (Å²) in [4.78, 5) is 11.0. The number of hydrogen-bond donors (Lipinski definition) is 2. The van der Waals surface area contributed by atoms with Crippen LogP contribution in [-0.2, 0) is 4.79 Å². The number of hydrazine groups is 1. The van der Waals surface area contributed by atoms with E-state index >= 15 is 0 Å². The molecule has 0 aromatic heterocycles. The van der Waals surface area contributed by atoms with E-state index in [0.717, 1.165) is 12.3 Å². The van der Waals surface area contributed by atoms with Crippen LogP contribution in [0.4, 0.5) is 0 Å². The zero-order valence-corrected chi connectivity index (χ0v) is 7.77. The van der Waals surface area contributed by atoms with Gasteiger partial charge in [0.05, 0.1) is 0 Å². The van der Waals surface area contributed by atoms with Crippen molar-refractivity contribution in [2.75, 3.05) is 0 Å². The standard InChI is InChI=1S/C8H14N2O.ClH/c9-10-8(11)7-4-6(7)5-2-1-3-5;/h5-7H,1-4,9H2,(H,10,11);1H. The summed E-state index contributed by atoms with van der Waals surface area (Å²) in [6.07, 6.45) is 5.10. The van der Waals surface area contributed by atoms with E-state index in [1.165, 1.54) is 19.3 Å². The van der Waals surface area contributed by atoms with E-state index in [9.17, 15) is 4.79 Å². The quantitative estimate of drug-likeness (QED) is 0.385. The highest BCUT2D eigenvalue weighted by Crippen LogP contribution is 2.51. The SMILES string of the molecule is Cl.NNC(=O)C1CC1C1CCC1. The van der Waals surface area contributed by atoms with Crippen molar-refractivity contribution in [1.29, 1.82) is 0 Å². The largest absolute Gasteiger partial charge is 0.294 e. The van der Waals surface area contributed by atoms with E-state index in [4.69, 9.17) is 5.84 Å². The number of halogens is 1. The van der Waals surface area contributed by atoms with Crippen LogP contribution in [0.15, 0.2) is 0 Å². The van der Waals surface area contributed by atoms with Crippen molar-refractivity contribution in [2.24, 2.45) is 23.6 Å². The Bertz CT molecular complexity index is 182. The first-order chi connectivity index (χ1) is 5.33. The van der Waals surface area contributed by atoms with Crippen LogP contribution in [0.2, 0.25) is 0 Å². The van der Waals surface area contributed by atoms with Gasteiger partial charge in [-0.15, -0.1) is 12.4 Å². The van der Waals surface area contributed by atoms with Crippen molar-refractivity contribution >= 4 is 18.3 Å². The molecule has 2 rings (SSSR count).